The molecule has 0 aromatic heterocycles. The van der Waals surface area contributed by atoms with Crippen molar-refractivity contribution in [1.29, 1.82) is 0 Å². The first-order chi connectivity index (χ1) is 15.1. The predicted molar refractivity (Wildman–Crippen MR) is 124 cm³/mol. The number of nitrogens with two attached hydrogens (primary N) is 1. The lowest BCUT2D eigenvalue weighted by Gasteiger charge is -2.40. The molecule has 5 heteroatoms. The third-order valence-corrected chi connectivity index (χ3v) is 6.81. The smallest absolute Gasteiger partial charge is 0.259 e. The maximum Gasteiger partial charge on any atom is 0.259 e. The Morgan fingerprint density at radius 2 is 1.55 bits per heavy atom. The molecule has 1 amide bonds. The predicted octanol–water partition coefficient (Wildman–Crippen LogP) is 3.66. The fraction of sp³-hybridized carbons (Fsp3) is 0.462. The van der Waals surface area contributed by atoms with Crippen LogP contribution in [-0.4, -0.2) is 40.9 Å². The molecular formula is C26H33N3O2. The Kier molecular flexibility index (Phi) is 6.71. The highest BCUT2D eigenvalue weighted by atomic mass is 16.3. The zero-order valence-corrected chi connectivity index (χ0v) is 18.1. The molecule has 0 radical (unpaired) electrons. The van der Waals surface area contributed by atoms with Gasteiger partial charge in [-0.05, 0) is 36.8 Å². The van der Waals surface area contributed by atoms with Crippen LogP contribution >= 0.6 is 0 Å². The van der Waals surface area contributed by atoms with Crippen LogP contribution in [0, 0.1) is 5.92 Å². The van der Waals surface area contributed by atoms with Gasteiger partial charge in [0.2, 0.25) is 0 Å². The number of aliphatic imine (C=N–C) groups is 1. The van der Waals surface area contributed by atoms with E-state index in [1.807, 2.05) is 53.4 Å². The minimum Gasteiger partial charge on any atom is -0.387 e. The van der Waals surface area contributed by atoms with Crippen LogP contribution in [0.25, 0.3) is 0 Å². The van der Waals surface area contributed by atoms with E-state index in [4.69, 9.17) is 10.7 Å². The molecule has 0 bridgehead atoms. The van der Waals surface area contributed by atoms with Gasteiger partial charge in [-0.3, -0.25) is 9.79 Å². The highest BCUT2D eigenvalue weighted by Crippen LogP contribution is 2.42. The number of piperidine rings is 1. The Labute approximate surface area is 185 Å². The summed E-state index contributed by atoms with van der Waals surface area (Å²) in [5, 5.41) is 11.7. The van der Waals surface area contributed by atoms with E-state index in [9.17, 15) is 9.90 Å². The number of hydrogen-bond acceptors (Lipinski definition) is 3. The summed E-state index contributed by atoms with van der Waals surface area (Å²) in [5.74, 6) is 0.479. The second-order valence-electron chi connectivity index (χ2n) is 8.92. The molecule has 31 heavy (non-hydrogen) atoms. The highest BCUT2D eigenvalue weighted by Gasteiger charge is 2.48. The third-order valence-electron chi connectivity index (χ3n) is 6.81. The van der Waals surface area contributed by atoms with Gasteiger partial charge in [0.05, 0.1) is 11.9 Å². The lowest BCUT2D eigenvalue weighted by Crippen LogP contribution is -2.53. The van der Waals surface area contributed by atoms with E-state index in [2.05, 4.69) is 12.1 Å². The number of aliphatic hydroxyl groups is 1. The van der Waals surface area contributed by atoms with E-state index in [-0.39, 0.29) is 17.9 Å². The molecule has 1 aliphatic carbocycles. The first-order valence-electron chi connectivity index (χ1n) is 11.5. The van der Waals surface area contributed by atoms with E-state index in [1.165, 1.54) is 0 Å². The van der Waals surface area contributed by atoms with E-state index >= 15 is 0 Å². The largest absolute Gasteiger partial charge is 0.387 e. The lowest BCUT2D eigenvalue weighted by atomic mass is 9.78. The second-order valence-corrected chi connectivity index (χ2v) is 8.92. The van der Waals surface area contributed by atoms with E-state index in [0.717, 1.165) is 49.7 Å². The first kappa shape index (κ1) is 21.6. The molecule has 1 saturated carbocycles. The summed E-state index contributed by atoms with van der Waals surface area (Å²) in [6.45, 7) is 1.21. The summed E-state index contributed by atoms with van der Waals surface area (Å²) in [5.41, 5.74) is 6.63. The summed E-state index contributed by atoms with van der Waals surface area (Å²) >= 11 is 0. The Morgan fingerprint density at radius 1 is 0.968 bits per heavy atom. The van der Waals surface area contributed by atoms with Gasteiger partial charge in [0.25, 0.3) is 5.91 Å². The van der Waals surface area contributed by atoms with Crippen molar-refractivity contribution in [3.05, 3.63) is 71.8 Å². The molecule has 0 spiro atoms. The number of rotatable bonds is 6. The number of likely N-dealkylation sites (tertiary alicyclic amines) is 1. The van der Waals surface area contributed by atoms with Gasteiger partial charge in [0, 0.05) is 25.4 Å². The van der Waals surface area contributed by atoms with Crippen LogP contribution in [0.2, 0.25) is 0 Å². The minimum absolute atomic E-state index is 0.0142. The van der Waals surface area contributed by atoms with Gasteiger partial charge >= 0.3 is 0 Å². The van der Waals surface area contributed by atoms with Crippen LogP contribution in [0.5, 0.6) is 0 Å². The SMILES string of the molecule is NC(Cc1ccccc1)=NC1CCN(C(=O)C(O)(c2ccccc2)C2CCCC2)CC1. The Morgan fingerprint density at radius 3 is 2.16 bits per heavy atom. The molecule has 1 saturated heterocycles. The molecule has 5 nitrogen and oxygen atoms in total. The third kappa shape index (κ3) is 4.82. The number of amidine groups is 1. The summed E-state index contributed by atoms with van der Waals surface area (Å²) in [6.07, 6.45) is 6.14. The van der Waals surface area contributed by atoms with E-state index in [1.54, 1.807) is 0 Å². The highest BCUT2D eigenvalue weighted by molar-refractivity contribution is 5.87. The van der Waals surface area contributed by atoms with Gasteiger partial charge in [0.1, 0.15) is 0 Å². The van der Waals surface area contributed by atoms with Gasteiger partial charge in [-0.1, -0.05) is 73.5 Å². The monoisotopic (exact) mass is 419 g/mol. The Bertz CT molecular complexity index is 885. The summed E-state index contributed by atoms with van der Waals surface area (Å²) in [4.78, 5) is 20.1. The molecule has 4 rings (SSSR count). The molecule has 164 valence electrons. The van der Waals surface area contributed by atoms with E-state index < -0.39 is 5.60 Å². The molecule has 1 atom stereocenters. The normalized spacial score (nSPS) is 20.5. The van der Waals surface area contributed by atoms with Gasteiger partial charge in [-0.15, -0.1) is 0 Å². The molecule has 2 aromatic rings. The van der Waals surface area contributed by atoms with Crippen molar-refractivity contribution in [2.45, 2.75) is 56.6 Å². The van der Waals surface area contributed by atoms with Crippen molar-refractivity contribution >= 4 is 11.7 Å². The standard InChI is InChI=1S/C26H33N3O2/c27-24(19-20-9-3-1-4-10-20)28-23-15-17-29(18-16-23)25(30)26(31,22-13-7-8-14-22)21-11-5-2-6-12-21/h1-6,9-12,22-23,31H,7-8,13-19H2,(H2,27,28). The first-order valence-corrected chi connectivity index (χ1v) is 11.5. The number of nitrogens with zero attached hydrogens (tertiary/aromatic N) is 2. The van der Waals surface area contributed by atoms with Crippen molar-refractivity contribution in [2.24, 2.45) is 16.6 Å². The summed E-state index contributed by atoms with van der Waals surface area (Å²) in [6, 6.07) is 19.7. The zero-order valence-electron chi connectivity index (χ0n) is 18.1. The number of carbonyl (C=O) groups excluding carboxylic acids is 1. The van der Waals surface area contributed by atoms with Crippen LogP contribution in [-0.2, 0) is 16.8 Å². The van der Waals surface area contributed by atoms with Crippen molar-refractivity contribution in [2.75, 3.05) is 13.1 Å². The number of benzene rings is 2. The molecule has 3 N–H and O–H groups in total. The number of hydrogen-bond donors (Lipinski definition) is 2. The van der Waals surface area contributed by atoms with Gasteiger partial charge in [0.15, 0.2) is 5.60 Å². The Balaban J connectivity index is 1.42. The summed E-state index contributed by atoms with van der Waals surface area (Å²) in [7, 11) is 0. The molecule has 1 unspecified atom stereocenters. The van der Waals surface area contributed by atoms with Crippen molar-refractivity contribution in [1.82, 2.24) is 4.90 Å². The quantitative estimate of drug-likeness (QED) is 0.554. The molecule has 2 aliphatic rings. The maximum atomic E-state index is 13.6. The van der Waals surface area contributed by atoms with Crippen LogP contribution in [0.15, 0.2) is 65.7 Å². The average molecular weight is 420 g/mol. The van der Waals surface area contributed by atoms with Gasteiger partial charge in [-0.2, -0.15) is 0 Å². The molecule has 2 fully saturated rings. The molecule has 1 heterocycles. The molecule has 1 aliphatic heterocycles. The van der Waals surface area contributed by atoms with Crippen LogP contribution in [0.1, 0.15) is 49.7 Å². The topological polar surface area (TPSA) is 78.9 Å². The number of carbonyl (C=O) groups is 1. The number of amides is 1. The van der Waals surface area contributed by atoms with Crippen molar-refractivity contribution < 1.29 is 9.90 Å². The minimum atomic E-state index is -1.43. The fourth-order valence-electron chi connectivity index (χ4n) is 5.09. The summed E-state index contributed by atoms with van der Waals surface area (Å²) < 4.78 is 0. The van der Waals surface area contributed by atoms with Crippen molar-refractivity contribution in [3.63, 3.8) is 0 Å². The fourth-order valence-corrected chi connectivity index (χ4v) is 5.09. The Hall–Kier alpha value is -2.66. The molecular weight excluding hydrogens is 386 g/mol. The van der Waals surface area contributed by atoms with Gasteiger partial charge < -0.3 is 15.7 Å². The van der Waals surface area contributed by atoms with Gasteiger partial charge in [-0.25, -0.2) is 0 Å². The van der Waals surface area contributed by atoms with Crippen LogP contribution in [0.4, 0.5) is 0 Å². The zero-order chi connectivity index (χ0) is 21.7. The van der Waals surface area contributed by atoms with E-state index in [0.29, 0.717) is 25.3 Å². The van der Waals surface area contributed by atoms with Crippen molar-refractivity contribution in [3.8, 4) is 0 Å². The average Bonchev–Trinajstić information content (AvgIpc) is 3.35. The second kappa shape index (κ2) is 9.65. The lowest BCUT2D eigenvalue weighted by molar-refractivity contribution is -0.160. The maximum absolute atomic E-state index is 13.6. The molecule has 2 aromatic carbocycles. The van der Waals surface area contributed by atoms with Crippen LogP contribution in [0.3, 0.4) is 0 Å². The van der Waals surface area contributed by atoms with Crippen LogP contribution < -0.4 is 5.73 Å².